The number of hydrogen-bond acceptors (Lipinski definition) is 8. The first-order valence-corrected chi connectivity index (χ1v) is 19.1. The van der Waals surface area contributed by atoms with Crippen molar-refractivity contribution in [1.82, 2.24) is 16.0 Å². The van der Waals surface area contributed by atoms with E-state index in [-0.39, 0.29) is 35.4 Å². The number of allylic oxidation sites excluding steroid dienone is 5. The minimum Gasteiger partial charge on any atom is -0.497 e. The number of amides is 2. The number of carbonyl (C=O) groups is 4. The summed E-state index contributed by atoms with van der Waals surface area (Å²) in [5.41, 5.74) is 1.33. The Balaban J connectivity index is 0.000000442. The number of carbonyl (C=O) groups excluding carboxylic acids is 4. The Morgan fingerprint density at radius 3 is 1.94 bits per heavy atom. The minimum atomic E-state index is -1.04. The van der Waals surface area contributed by atoms with Gasteiger partial charge in [0, 0.05) is 43.0 Å². The fraction of sp³-hybridized carbons (Fsp3) is 0.208. The summed E-state index contributed by atoms with van der Waals surface area (Å²) in [5, 5.41) is 8.15. The van der Waals surface area contributed by atoms with Crippen LogP contribution in [-0.2, 0) is 20.7 Å². The number of nitrogens with zero attached hydrogens (tertiary/aromatic N) is 1. The minimum absolute atomic E-state index is 0.0178. The summed E-state index contributed by atoms with van der Waals surface area (Å²) in [5.74, 6) is -2.55. The quantitative estimate of drug-likeness (QED) is 0.0281. The van der Waals surface area contributed by atoms with Crippen LogP contribution in [0.2, 0.25) is 0 Å². The Morgan fingerprint density at radius 2 is 1.44 bits per heavy atom. The fourth-order valence-corrected chi connectivity index (χ4v) is 4.97. The van der Waals surface area contributed by atoms with Gasteiger partial charge in [0.1, 0.15) is 46.9 Å². The molecule has 0 radical (unpaired) electrons. The van der Waals surface area contributed by atoms with E-state index in [4.69, 9.17) is 9.47 Å². The first-order chi connectivity index (χ1) is 30.2. The van der Waals surface area contributed by atoms with Crippen LogP contribution in [0.4, 0.5) is 27.6 Å². The molecule has 4 aromatic carbocycles. The molecule has 4 rings (SSSR count). The van der Waals surface area contributed by atoms with Crippen molar-refractivity contribution in [3.8, 4) is 5.75 Å². The van der Waals surface area contributed by atoms with Crippen LogP contribution >= 0.6 is 0 Å². The number of anilines is 1. The van der Waals surface area contributed by atoms with Gasteiger partial charge in [-0.25, -0.2) is 22.0 Å². The summed E-state index contributed by atoms with van der Waals surface area (Å²) in [7, 11) is 6.85. The second kappa shape index (κ2) is 30.8. The topological polar surface area (TPSA) is 126 Å². The average molecular weight is 877 g/mol. The van der Waals surface area contributed by atoms with Gasteiger partial charge in [-0.15, -0.1) is 13.2 Å². The van der Waals surface area contributed by atoms with E-state index in [0.717, 1.165) is 66.4 Å². The molecule has 0 aliphatic heterocycles. The summed E-state index contributed by atoms with van der Waals surface area (Å²) in [6.07, 6.45) is 15.2. The Hall–Kier alpha value is -7.13. The first kappa shape index (κ1) is 53.9. The van der Waals surface area contributed by atoms with Crippen LogP contribution in [0.5, 0.6) is 5.75 Å². The number of hydrogen-bond donors (Lipinski definition) is 3. The second-order valence-electron chi connectivity index (χ2n) is 12.9. The molecule has 0 aliphatic carbocycles. The van der Waals surface area contributed by atoms with E-state index in [0.29, 0.717) is 24.5 Å². The van der Waals surface area contributed by atoms with E-state index in [1.807, 2.05) is 74.8 Å². The van der Waals surface area contributed by atoms with Crippen molar-refractivity contribution in [3.63, 3.8) is 0 Å². The SMILES string of the molecule is C=CCN(C=O)c1ccc(OC)cc1.C=CC\C=C/C(=C\C=C\NC)OC.CNC(C)c1cc(F)cc(F)c1.O=Cc1cc(C(=O)N[C@H](C=O)Cc2cc(F)cc(F)c2)ccc1F. The molecule has 1 unspecified atom stereocenters. The molecule has 0 aromatic heterocycles. The molecule has 10 nitrogen and oxygen atoms in total. The van der Waals surface area contributed by atoms with Gasteiger partial charge in [0.25, 0.3) is 5.91 Å². The van der Waals surface area contributed by atoms with E-state index < -0.39 is 41.0 Å². The first-order valence-electron chi connectivity index (χ1n) is 19.1. The number of nitrogens with one attached hydrogen (secondary N) is 3. The molecule has 0 fully saturated rings. The van der Waals surface area contributed by atoms with Crippen LogP contribution in [-0.4, -0.2) is 65.8 Å². The summed E-state index contributed by atoms with van der Waals surface area (Å²) < 4.78 is 75.0. The van der Waals surface area contributed by atoms with Gasteiger partial charge >= 0.3 is 0 Å². The molecule has 3 N–H and O–H groups in total. The van der Waals surface area contributed by atoms with Crippen LogP contribution in [0.25, 0.3) is 0 Å². The molecular formula is C48H53F5N4O6. The number of rotatable bonds is 19. The Morgan fingerprint density at radius 1 is 0.825 bits per heavy atom. The maximum absolute atomic E-state index is 13.2. The molecule has 2 amide bonds. The van der Waals surface area contributed by atoms with Crippen molar-refractivity contribution in [2.24, 2.45) is 0 Å². The molecule has 2 atom stereocenters. The maximum Gasteiger partial charge on any atom is 0.251 e. The number of methoxy groups -OCH3 is 2. The zero-order valence-electron chi connectivity index (χ0n) is 35.8. The molecule has 0 spiro atoms. The zero-order chi connectivity index (χ0) is 47.2. The normalized spacial score (nSPS) is 11.5. The van der Waals surface area contributed by atoms with Gasteiger partial charge in [-0.2, -0.15) is 0 Å². The molecular weight excluding hydrogens is 824 g/mol. The maximum atomic E-state index is 13.2. The summed E-state index contributed by atoms with van der Waals surface area (Å²) in [6.45, 7) is 9.56. The van der Waals surface area contributed by atoms with Crippen molar-refractivity contribution < 1.29 is 50.6 Å². The Kier molecular flexibility index (Phi) is 26.4. The predicted molar refractivity (Wildman–Crippen MR) is 237 cm³/mol. The summed E-state index contributed by atoms with van der Waals surface area (Å²) in [6, 6.07) is 15.7. The highest BCUT2D eigenvalue weighted by molar-refractivity contribution is 5.97. The lowest BCUT2D eigenvalue weighted by atomic mass is 10.1. The zero-order valence-corrected chi connectivity index (χ0v) is 35.8. The molecule has 0 bridgehead atoms. The smallest absolute Gasteiger partial charge is 0.251 e. The van der Waals surface area contributed by atoms with Gasteiger partial charge in [-0.05, 0) is 129 Å². The average Bonchev–Trinajstić information content (AvgIpc) is 3.27. The number of benzene rings is 4. The lowest BCUT2D eigenvalue weighted by Crippen LogP contribution is -2.37. The van der Waals surface area contributed by atoms with Crippen molar-refractivity contribution in [3.05, 3.63) is 192 Å². The van der Waals surface area contributed by atoms with Crippen LogP contribution in [0.1, 0.15) is 51.2 Å². The van der Waals surface area contributed by atoms with E-state index in [9.17, 15) is 41.1 Å². The van der Waals surface area contributed by atoms with Crippen molar-refractivity contribution in [2.45, 2.75) is 31.8 Å². The van der Waals surface area contributed by atoms with Crippen LogP contribution in [0, 0.1) is 29.1 Å². The van der Waals surface area contributed by atoms with Crippen LogP contribution in [0.3, 0.4) is 0 Å². The van der Waals surface area contributed by atoms with Gasteiger partial charge in [0.15, 0.2) is 6.29 Å². The molecule has 0 aliphatic rings. The standard InChI is InChI=1S/C17H12F3NO3.C11H13NO2.C11H17NO.C9H11F2N/c18-13-3-10(4-14(19)7-13)5-15(9-23)21-17(24)11-1-2-16(20)12(6-11)8-22;1-3-8-12(9-13)10-4-6-11(14-2)7-5-10;1-4-5-6-8-11(13-3)9-7-10-12-2;1-6(12-2)7-3-8(10)5-9(11)4-7/h1-4,6-9,15H,5H2,(H,21,24);3-7,9H,1,8H2,2H3;4,6-10,12H,1,5H2,2-3H3;3-6,12H,1-2H3/b;;8-6-,10-7+,11-9+;/t15-;;;/m0.../s1. The predicted octanol–water partition coefficient (Wildman–Crippen LogP) is 8.93. The highest BCUT2D eigenvalue weighted by Crippen LogP contribution is 2.18. The number of ether oxygens (including phenoxy) is 2. The van der Waals surface area contributed by atoms with E-state index in [2.05, 4.69) is 29.1 Å². The van der Waals surface area contributed by atoms with Gasteiger partial charge in [-0.1, -0.05) is 18.2 Å². The summed E-state index contributed by atoms with van der Waals surface area (Å²) >= 11 is 0. The molecule has 336 valence electrons. The van der Waals surface area contributed by atoms with E-state index >= 15 is 0 Å². The van der Waals surface area contributed by atoms with Gasteiger partial charge in [0.05, 0.1) is 25.8 Å². The fourth-order valence-electron chi connectivity index (χ4n) is 4.97. The molecule has 4 aromatic rings. The number of halogens is 5. The van der Waals surface area contributed by atoms with Crippen molar-refractivity contribution in [2.75, 3.05) is 39.8 Å². The van der Waals surface area contributed by atoms with Gasteiger partial charge in [0.2, 0.25) is 6.41 Å². The molecule has 0 saturated carbocycles. The third-order valence-electron chi connectivity index (χ3n) is 8.26. The molecule has 15 heteroatoms. The lowest BCUT2D eigenvalue weighted by molar-refractivity contribution is -0.109. The van der Waals surface area contributed by atoms with Gasteiger partial charge in [-0.3, -0.25) is 14.4 Å². The lowest BCUT2D eigenvalue weighted by Gasteiger charge is -2.15. The third-order valence-corrected chi connectivity index (χ3v) is 8.26. The van der Waals surface area contributed by atoms with Gasteiger partial charge < -0.3 is 35.1 Å². The molecule has 0 heterocycles. The highest BCUT2D eigenvalue weighted by Gasteiger charge is 2.16. The summed E-state index contributed by atoms with van der Waals surface area (Å²) in [4.78, 5) is 46.1. The van der Waals surface area contributed by atoms with Crippen molar-refractivity contribution in [1.29, 1.82) is 0 Å². The highest BCUT2D eigenvalue weighted by atomic mass is 19.1. The van der Waals surface area contributed by atoms with Crippen LogP contribution in [0.15, 0.2) is 140 Å². The van der Waals surface area contributed by atoms with Crippen molar-refractivity contribution >= 4 is 30.6 Å². The Bertz CT molecular complexity index is 2120. The second-order valence-corrected chi connectivity index (χ2v) is 12.9. The Labute approximate surface area is 365 Å². The molecule has 63 heavy (non-hydrogen) atoms. The van der Waals surface area contributed by atoms with E-state index in [1.54, 1.807) is 32.2 Å². The monoisotopic (exact) mass is 876 g/mol. The largest absolute Gasteiger partial charge is 0.497 e. The molecule has 0 saturated heterocycles. The number of aldehydes is 2. The third kappa shape index (κ3) is 21.3. The van der Waals surface area contributed by atoms with E-state index in [1.165, 1.54) is 12.1 Å². The van der Waals surface area contributed by atoms with Crippen LogP contribution < -0.4 is 25.6 Å².